The lowest BCUT2D eigenvalue weighted by atomic mass is 10.0. The van der Waals surface area contributed by atoms with Gasteiger partial charge in [0.05, 0.1) is 16.6 Å². The molecule has 1 aromatic heterocycles. The number of hydrogen-bond acceptors (Lipinski definition) is 6. The van der Waals surface area contributed by atoms with Crippen molar-refractivity contribution in [2.45, 2.75) is 25.3 Å². The molecule has 0 atom stereocenters. The lowest BCUT2D eigenvalue weighted by molar-refractivity contribution is -0.121. The first kappa shape index (κ1) is 23.3. The minimum atomic E-state index is 0.105. The lowest BCUT2D eigenvalue weighted by Gasteiger charge is -2.32. The minimum Gasteiger partial charge on any atom is -0.492 e. The summed E-state index contributed by atoms with van der Waals surface area (Å²) in [7, 11) is 0. The predicted molar refractivity (Wildman–Crippen MR) is 139 cm³/mol. The fraction of sp³-hybridized carbons (Fsp3) is 0.286. The van der Waals surface area contributed by atoms with Crippen molar-refractivity contribution < 1.29 is 14.3 Å². The van der Waals surface area contributed by atoms with Crippen molar-refractivity contribution in [1.29, 1.82) is 0 Å². The Morgan fingerprint density at radius 3 is 2.43 bits per heavy atom. The van der Waals surface area contributed by atoms with Gasteiger partial charge in [0.25, 0.3) is 5.19 Å². The average Bonchev–Trinajstić information content (AvgIpc) is 3.29. The molecule has 0 spiro atoms. The second-order valence-electron chi connectivity index (χ2n) is 8.72. The topological polar surface area (TPSA) is 63.7 Å². The number of para-hydroxylation sites is 1. The van der Waals surface area contributed by atoms with Crippen molar-refractivity contribution in [2.75, 3.05) is 26.2 Å². The molecule has 3 aromatic carbocycles. The van der Waals surface area contributed by atoms with Crippen LogP contribution in [0.25, 0.3) is 10.2 Å². The van der Waals surface area contributed by atoms with E-state index in [0.717, 1.165) is 59.8 Å². The van der Waals surface area contributed by atoms with Crippen LogP contribution in [-0.4, -0.2) is 48.1 Å². The van der Waals surface area contributed by atoms with Gasteiger partial charge in [0.1, 0.15) is 18.1 Å². The fourth-order valence-electron chi connectivity index (χ4n) is 4.25. The van der Waals surface area contributed by atoms with Crippen molar-refractivity contribution in [2.24, 2.45) is 0 Å². The summed E-state index contributed by atoms with van der Waals surface area (Å²) in [6.45, 7) is 3.43. The Labute approximate surface area is 209 Å². The zero-order valence-corrected chi connectivity index (χ0v) is 20.4. The van der Waals surface area contributed by atoms with E-state index in [9.17, 15) is 4.79 Å². The molecule has 6 nitrogen and oxygen atoms in total. The highest BCUT2D eigenvalue weighted by molar-refractivity contribution is 7.20. The van der Waals surface area contributed by atoms with Crippen LogP contribution in [0.2, 0.25) is 0 Å². The van der Waals surface area contributed by atoms with Gasteiger partial charge in [-0.05, 0) is 54.8 Å². The van der Waals surface area contributed by atoms with Crippen LogP contribution in [0, 0.1) is 0 Å². The smallest absolute Gasteiger partial charge is 0.279 e. The lowest BCUT2D eigenvalue weighted by Crippen LogP contribution is -2.45. The monoisotopic (exact) mass is 487 g/mol. The van der Waals surface area contributed by atoms with E-state index in [1.54, 1.807) is 0 Å². The number of hydrogen-bond donors (Lipinski definition) is 1. The summed E-state index contributed by atoms with van der Waals surface area (Å²) in [6.07, 6.45) is 2.38. The highest BCUT2D eigenvalue weighted by atomic mass is 32.1. The number of ether oxygens (including phenoxy) is 2. The van der Waals surface area contributed by atoms with Crippen molar-refractivity contribution in [3.63, 3.8) is 0 Å². The number of amides is 1. The van der Waals surface area contributed by atoms with Gasteiger partial charge >= 0.3 is 0 Å². The maximum atomic E-state index is 12.3. The van der Waals surface area contributed by atoms with E-state index in [1.807, 2.05) is 78.9 Å². The van der Waals surface area contributed by atoms with Gasteiger partial charge in [-0.3, -0.25) is 9.69 Å². The molecule has 0 aliphatic carbocycles. The summed E-state index contributed by atoms with van der Waals surface area (Å²) >= 11 is 1.54. The number of carbonyl (C=O) groups is 1. The Morgan fingerprint density at radius 2 is 1.66 bits per heavy atom. The van der Waals surface area contributed by atoms with Crippen LogP contribution in [0.5, 0.6) is 16.7 Å². The highest BCUT2D eigenvalue weighted by Crippen LogP contribution is 2.31. The SMILES string of the molecule is O=C(Cc1ccccc1)NC1CCN(CCOc2ccc(Oc3nc4ccccc4s3)cc2)CC1. The number of aromatic nitrogens is 1. The van der Waals surface area contributed by atoms with E-state index in [0.29, 0.717) is 18.2 Å². The van der Waals surface area contributed by atoms with Crippen molar-refractivity contribution in [1.82, 2.24) is 15.2 Å². The van der Waals surface area contributed by atoms with Crippen LogP contribution in [0.3, 0.4) is 0 Å². The molecule has 2 heterocycles. The molecule has 180 valence electrons. The van der Waals surface area contributed by atoms with E-state index in [1.165, 1.54) is 11.3 Å². The first-order chi connectivity index (χ1) is 17.2. The summed E-state index contributed by atoms with van der Waals surface area (Å²) in [5.74, 6) is 1.67. The number of carbonyl (C=O) groups excluding carboxylic acids is 1. The second-order valence-corrected chi connectivity index (χ2v) is 9.71. The summed E-state index contributed by atoms with van der Waals surface area (Å²) in [4.78, 5) is 19.2. The molecule has 1 aliphatic rings. The van der Waals surface area contributed by atoms with Gasteiger partial charge < -0.3 is 14.8 Å². The Bertz CT molecular complexity index is 1200. The molecule has 0 radical (unpaired) electrons. The van der Waals surface area contributed by atoms with Crippen LogP contribution in [0.4, 0.5) is 0 Å². The van der Waals surface area contributed by atoms with Crippen LogP contribution in [0.1, 0.15) is 18.4 Å². The standard InChI is InChI=1S/C28H29N3O3S/c32-27(20-21-6-2-1-3-7-21)29-22-14-16-31(17-15-22)18-19-33-23-10-12-24(13-11-23)34-28-30-25-8-4-5-9-26(25)35-28/h1-13,22H,14-20H2,(H,29,32). The van der Waals surface area contributed by atoms with Crippen molar-refractivity contribution in [3.8, 4) is 16.7 Å². The highest BCUT2D eigenvalue weighted by Gasteiger charge is 2.20. The van der Waals surface area contributed by atoms with Gasteiger partial charge in [0.2, 0.25) is 5.91 Å². The molecule has 0 saturated carbocycles. The average molecular weight is 488 g/mol. The normalized spacial score (nSPS) is 14.6. The number of nitrogens with zero attached hydrogens (tertiary/aromatic N) is 2. The van der Waals surface area contributed by atoms with E-state index in [-0.39, 0.29) is 11.9 Å². The summed E-state index contributed by atoms with van der Waals surface area (Å²) in [5, 5.41) is 3.83. The first-order valence-electron chi connectivity index (χ1n) is 12.0. The van der Waals surface area contributed by atoms with Crippen LogP contribution < -0.4 is 14.8 Å². The zero-order chi connectivity index (χ0) is 23.9. The zero-order valence-electron chi connectivity index (χ0n) is 19.6. The molecule has 0 unspecified atom stereocenters. The molecule has 1 N–H and O–H groups in total. The third-order valence-corrected chi connectivity index (χ3v) is 7.05. The van der Waals surface area contributed by atoms with Crippen LogP contribution >= 0.6 is 11.3 Å². The molecule has 1 saturated heterocycles. The molecule has 1 aliphatic heterocycles. The quantitative estimate of drug-likeness (QED) is 0.348. The Kier molecular flexibility index (Phi) is 7.56. The van der Waals surface area contributed by atoms with Gasteiger partial charge in [-0.15, -0.1) is 0 Å². The molecule has 4 aromatic rings. The predicted octanol–water partition coefficient (Wildman–Crippen LogP) is 5.29. The summed E-state index contributed by atoms with van der Waals surface area (Å²) in [6, 6.07) is 25.8. The van der Waals surface area contributed by atoms with Crippen LogP contribution in [-0.2, 0) is 11.2 Å². The van der Waals surface area contributed by atoms with E-state index < -0.39 is 0 Å². The number of piperidine rings is 1. The largest absolute Gasteiger partial charge is 0.492 e. The number of fused-ring (bicyclic) bond motifs is 1. The Balaban J connectivity index is 1.00. The van der Waals surface area contributed by atoms with Crippen LogP contribution in [0.15, 0.2) is 78.9 Å². The molecule has 1 fully saturated rings. The van der Waals surface area contributed by atoms with Gasteiger partial charge in [-0.25, -0.2) is 4.98 Å². The molecule has 7 heteroatoms. The number of likely N-dealkylation sites (tertiary alicyclic amines) is 1. The van der Waals surface area contributed by atoms with Gasteiger partial charge in [-0.2, -0.15) is 0 Å². The van der Waals surface area contributed by atoms with E-state index in [4.69, 9.17) is 9.47 Å². The molecule has 35 heavy (non-hydrogen) atoms. The fourth-order valence-corrected chi connectivity index (χ4v) is 5.09. The summed E-state index contributed by atoms with van der Waals surface area (Å²) in [5.41, 5.74) is 2.00. The second kappa shape index (κ2) is 11.3. The summed E-state index contributed by atoms with van der Waals surface area (Å²) < 4.78 is 13.0. The number of nitrogens with one attached hydrogen (secondary N) is 1. The Morgan fingerprint density at radius 1 is 0.943 bits per heavy atom. The third kappa shape index (κ3) is 6.59. The molecule has 5 rings (SSSR count). The number of thiazole rings is 1. The molecular formula is C28H29N3O3S. The van der Waals surface area contributed by atoms with Crippen molar-refractivity contribution in [3.05, 3.63) is 84.4 Å². The maximum absolute atomic E-state index is 12.3. The third-order valence-electron chi connectivity index (χ3n) is 6.14. The van der Waals surface area contributed by atoms with Gasteiger partial charge in [0.15, 0.2) is 0 Å². The first-order valence-corrected chi connectivity index (χ1v) is 12.8. The molecule has 1 amide bonds. The van der Waals surface area contributed by atoms with E-state index in [2.05, 4.69) is 15.2 Å². The number of benzene rings is 3. The van der Waals surface area contributed by atoms with Gasteiger partial charge in [0, 0.05) is 25.7 Å². The number of rotatable bonds is 9. The Hall–Kier alpha value is -3.42. The van der Waals surface area contributed by atoms with Crippen molar-refractivity contribution >= 4 is 27.5 Å². The molecular weight excluding hydrogens is 458 g/mol. The maximum Gasteiger partial charge on any atom is 0.279 e. The van der Waals surface area contributed by atoms with E-state index >= 15 is 0 Å². The molecule has 0 bridgehead atoms. The van der Waals surface area contributed by atoms with Gasteiger partial charge in [-0.1, -0.05) is 53.8 Å². The minimum absolute atomic E-state index is 0.105.